The number of aliphatic hydroxyl groups is 4. The van der Waals surface area contributed by atoms with Gasteiger partial charge in [0.1, 0.15) is 24.4 Å². The summed E-state index contributed by atoms with van der Waals surface area (Å²) in [5.41, 5.74) is 0. The Bertz CT molecular complexity index is 485. The normalized spacial score (nSPS) is 26.4. The monoisotopic (exact) mass is 443 g/mol. The van der Waals surface area contributed by atoms with E-state index in [4.69, 9.17) is 4.74 Å². The second-order valence-corrected chi connectivity index (χ2v) is 8.65. The first-order valence-electron chi connectivity index (χ1n) is 12.3. The van der Waals surface area contributed by atoms with Crippen molar-refractivity contribution in [3.8, 4) is 0 Å². The number of hydrogen-bond acceptors (Lipinski definition) is 6. The van der Waals surface area contributed by atoms with Crippen molar-refractivity contribution < 1.29 is 30.0 Å². The zero-order valence-corrected chi connectivity index (χ0v) is 19.3. The highest BCUT2D eigenvalue weighted by atomic mass is 16.6. The van der Waals surface area contributed by atoms with Gasteiger partial charge in [0.15, 0.2) is 6.23 Å². The van der Waals surface area contributed by atoms with Gasteiger partial charge in [0.25, 0.3) is 0 Å². The maximum absolute atomic E-state index is 12.0. The van der Waals surface area contributed by atoms with Gasteiger partial charge in [-0.25, -0.2) is 0 Å². The third kappa shape index (κ3) is 12.0. The van der Waals surface area contributed by atoms with E-state index in [9.17, 15) is 25.2 Å². The molecule has 0 spiro atoms. The van der Waals surface area contributed by atoms with E-state index in [-0.39, 0.29) is 5.91 Å². The van der Waals surface area contributed by atoms with Crippen LogP contribution in [0.25, 0.3) is 0 Å². The fourth-order valence-electron chi connectivity index (χ4n) is 3.81. The van der Waals surface area contributed by atoms with Crippen LogP contribution in [-0.4, -0.2) is 63.6 Å². The third-order valence-electron chi connectivity index (χ3n) is 5.86. The molecule has 1 aliphatic rings. The SMILES string of the molecule is CCCCCCCCCCC/C=C\CCCCC(=O)N[C@@H]1OC(CO)[C@@H](O)[C@H](O)C1O. The van der Waals surface area contributed by atoms with Crippen LogP contribution in [0.4, 0.5) is 0 Å². The van der Waals surface area contributed by atoms with Crippen molar-refractivity contribution in [3.05, 3.63) is 12.2 Å². The molecule has 2 unspecified atom stereocenters. The summed E-state index contributed by atoms with van der Waals surface area (Å²) < 4.78 is 5.28. The van der Waals surface area contributed by atoms with E-state index < -0.39 is 37.3 Å². The molecular formula is C24H45NO6. The van der Waals surface area contributed by atoms with Gasteiger partial charge in [0.2, 0.25) is 5.91 Å². The standard InChI is InChI=1S/C24H45NO6/c1-2-3-4-5-6-7-8-9-10-11-12-13-14-15-16-17-20(27)25-24-23(30)22(29)21(28)19(18-26)31-24/h12-13,19,21-24,26,28-30H,2-11,14-18H2,1H3,(H,25,27)/b13-12-/t19?,21-,22+,23?,24-/m1/s1. The van der Waals surface area contributed by atoms with Gasteiger partial charge in [-0.1, -0.05) is 70.4 Å². The minimum atomic E-state index is -1.48. The van der Waals surface area contributed by atoms with Crippen LogP contribution in [0.3, 0.4) is 0 Å². The van der Waals surface area contributed by atoms with Crippen LogP contribution in [0.2, 0.25) is 0 Å². The van der Waals surface area contributed by atoms with E-state index in [1.807, 2.05) is 0 Å². The van der Waals surface area contributed by atoms with Gasteiger partial charge in [0.05, 0.1) is 6.61 Å². The van der Waals surface area contributed by atoms with Gasteiger partial charge < -0.3 is 30.5 Å². The number of carbonyl (C=O) groups is 1. The zero-order valence-electron chi connectivity index (χ0n) is 19.3. The Balaban J connectivity index is 2.00. The predicted molar refractivity (Wildman–Crippen MR) is 121 cm³/mol. The highest BCUT2D eigenvalue weighted by molar-refractivity contribution is 5.76. The van der Waals surface area contributed by atoms with E-state index in [0.717, 1.165) is 19.3 Å². The first-order chi connectivity index (χ1) is 15.0. The maximum atomic E-state index is 12.0. The number of aliphatic hydroxyl groups excluding tert-OH is 4. The molecular weight excluding hydrogens is 398 g/mol. The van der Waals surface area contributed by atoms with Crippen LogP contribution in [0.15, 0.2) is 12.2 Å². The maximum Gasteiger partial charge on any atom is 0.222 e. The molecule has 0 radical (unpaired) electrons. The molecule has 0 aromatic heterocycles. The lowest BCUT2D eigenvalue weighted by Gasteiger charge is -2.40. The predicted octanol–water partition coefficient (Wildman–Crippen LogP) is 2.94. The Hall–Kier alpha value is -0.990. The minimum Gasteiger partial charge on any atom is -0.394 e. The Labute approximate surface area is 187 Å². The molecule has 31 heavy (non-hydrogen) atoms. The van der Waals surface area contributed by atoms with Gasteiger partial charge in [-0.3, -0.25) is 4.79 Å². The van der Waals surface area contributed by atoms with E-state index in [1.54, 1.807) is 0 Å². The summed E-state index contributed by atoms with van der Waals surface area (Å²) in [6, 6.07) is 0. The third-order valence-corrected chi connectivity index (χ3v) is 5.86. The Morgan fingerprint density at radius 2 is 1.35 bits per heavy atom. The number of allylic oxidation sites excluding steroid dienone is 2. The Kier molecular flexibility index (Phi) is 15.9. The molecule has 1 amide bonds. The fraction of sp³-hybridized carbons (Fsp3) is 0.875. The number of amides is 1. The second-order valence-electron chi connectivity index (χ2n) is 8.65. The molecule has 5 atom stereocenters. The molecule has 7 nitrogen and oxygen atoms in total. The Morgan fingerprint density at radius 3 is 1.94 bits per heavy atom. The quantitative estimate of drug-likeness (QED) is 0.174. The van der Waals surface area contributed by atoms with Crippen molar-refractivity contribution in [2.24, 2.45) is 0 Å². The molecule has 182 valence electrons. The van der Waals surface area contributed by atoms with E-state index in [2.05, 4.69) is 24.4 Å². The van der Waals surface area contributed by atoms with Crippen LogP contribution >= 0.6 is 0 Å². The van der Waals surface area contributed by atoms with E-state index in [1.165, 1.54) is 57.8 Å². The van der Waals surface area contributed by atoms with Crippen molar-refractivity contribution in [2.75, 3.05) is 6.61 Å². The van der Waals surface area contributed by atoms with Crippen LogP contribution in [0.1, 0.15) is 96.8 Å². The summed E-state index contributed by atoms with van der Waals surface area (Å²) in [5, 5.41) is 41.1. The topological polar surface area (TPSA) is 119 Å². The van der Waals surface area contributed by atoms with E-state index >= 15 is 0 Å². The largest absolute Gasteiger partial charge is 0.394 e. The number of hydrogen-bond donors (Lipinski definition) is 5. The molecule has 0 aromatic carbocycles. The van der Waals surface area contributed by atoms with Crippen molar-refractivity contribution in [1.29, 1.82) is 0 Å². The number of carbonyl (C=O) groups excluding carboxylic acids is 1. The summed E-state index contributed by atoms with van der Waals surface area (Å²) in [6.07, 6.45) is 13.9. The summed E-state index contributed by atoms with van der Waals surface area (Å²) in [4.78, 5) is 12.0. The van der Waals surface area contributed by atoms with Gasteiger partial charge in [-0.2, -0.15) is 0 Å². The molecule has 1 aliphatic heterocycles. The van der Waals surface area contributed by atoms with Gasteiger partial charge in [0, 0.05) is 6.42 Å². The first-order valence-corrected chi connectivity index (χ1v) is 12.3. The first kappa shape index (κ1) is 28.0. The van der Waals surface area contributed by atoms with E-state index in [0.29, 0.717) is 12.8 Å². The van der Waals surface area contributed by atoms with Crippen molar-refractivity contribution in [1.82, 2.24) is 5.32 Å². The summed E-state index contributed by atoms with van der Waals surface area (Å²) in [5.74, 6) is -0.289. The summed E-state index contributed by atoms with van der Waals surface area (Å²) >= 11 is 0. The molecule has 5 N–H and O–H groups in total. The highest BCUT2D eigenvalue weighted by Crippen LogP contribution is 2.20. The average Bonchev–Trinajstić information content (AvgIpc) is 2.76. The molecule has 0 saturated carbocycles. The van der Waals surface area contributed by atoms with Crippen molar-refractivity contribution in [2.45, 2.75) is 127 Å². The number of ether oxygens (including phenoxy) is 1. The molecule has 7 heteroatoms. The lowest BCUT2D eigenvalue weighted by molar-refractivity contribution is -0.236. The van der Waals surface area contributed by atoms with Gasteiger partial charge in [-0.05, 0) is 32.1 Å². The highest BCUT2D eigenvalue weighted by Gasteiger charge is 2.43. The van der Waals surface area contributed by atoms with Crippen LogP contribution in [0, 0.1) is 0 Å². The molecule has 1 rings (SSSR count). The molecule has 1 saturated heterocycles. The van der Waals surface area contributed by atoms with Crippen LogP contribution < -0.4 is 5.32 Å². The molecule has 1 heterocycles. The second kappa shape index (κ2) is 17.6. The number of nitrogens with one attached hydrogen (secondary N) is 1. The van der Waals surface area contributed by atoms with Crippen molar-refractivity contribution >= 4 is 5.91 Å². The lowest BCUT2D eigenvalue weighted by atomic mass is 9.98. The lowest BCUT2D eigenvalue weighted by Crippen LogP contribution is -2.63. The number of rotatable bonds is 17. The molecule has 0 aliphatic carbocycles. The van der Waals surface area contributed by atoms with Gasteiger partial charge >= 0.3 is 0 Å². The fourth-order valence-corrected chi connectivity index (χ4v) is 3.81. The molecule has 1 fully saturated rings. The summed E-state index contributed by atoms with van der Waals surface area (Å²) in [6.45, 7) is 1.74. The van der Waals surface area contributed by atoms with Crippen molar-refractivity contribution in [3.63, 3.8) is 0 Å². The smallest absolute Gasteiger partial charge is 0.222 e. The number of unbranched alkanes of at least 4 members (excludes halogenated alkanes) is 11. The van der Waals surface area contributed by atoms with Gasteiger partial charge in [-0.15, -0.1) is 0 Å². The van der Waals surface area contributed by atoms with Crippen LogP contribution in [-0.2, 0) is 9.53 Å². The molecule has 0 bridgehead atoms. The average molecular weight is 444 g/mol. The zero-order chi connectivity index (χ0) is 22.9. The Morgan fingerprint density at radius 1 is 0.806 bits per heavy atom. The summed E-state index contributed by atoms with van der Waals surface area (Å²) in [7, 11) is 0. The van der Waals surface area contributed by atoms with Crippen LogP contribution in [0.5, 0.6) is 0 Å². The molecule has 0 aromatic rings. The minimum absolute atomic E-state index is 0.289.